The molecule has 0 aliphatic heterocycles. The molecule has 1 rings (SSSR count). The van der Waals surface area contributed by atoms with Gasteiger partial charge in [-0.2, -0.15) is 0 Å². The highest BCUT2D eigenvalue weighted by molar-refractivity contribution is 9.09. The standard InChI is InChI=1S/C10H19Br/c1-9(2)4-6-10(3,8-11)7-5-9/h4-8H2,1-3H3. The summed E-state index contributed by atoms with van der Waals surface area (Å²) in [5, 5.41) is 1.18. The molecule has 0 aromatic carbocycles. The van der Waals surface area contributed by atoms with Crippen LogP contribution in [0.3, 0.4) is 0 Å². The Hall–Kier alpha value is 0.480. The zero-order valence-electron chi connectivity index (χ0n) is 7.91. The van der Waals surface area contributed by atoms with Gasteiger partial charge in [0.1, 0.15) is 0 Å². The summed E-state index contributed by atoms with van der Waals surface area (Å²) in [6.07, 6.45) is 5.58. The van der Waals surface area contributed by atoms with Gasteiger partial charge in [-0.25, -0.2) is 0 Å². The van der Waals surface area contributed by atoms with Crippen molar-refractivity contribution in [2.45, 2.75) is 46.5 Å². The van der Waals surface area contributed by atoms with Crippen molar-refractivity contribution in [2.75, 3.05) is 5.33 Å². The summed E-state index contributed by atoms with van der Waals surface area (Å²) >= 11 is 3.60. The van der Waals surface area contributed by atoms with Gasteiger partial charge in [0.05, 0.1) is 0 Å². The zero-order valence-corrected chi connectivity index (χ0v) is 9.50. The molecule has 1 aliphatic carbocycles. The van der Waals surface area contributed by atoms with Crippen molar-refractivity contribution in [3.8, 4) is 0 Å². The molecule has 0 spiro atoms. The lowest BCUT2D eigenvalue weighted by Gasteiger charge is -2.40. The van der Waals surface area contributed by atoms with Gasteiger partial charge in [-0.15, -0.1) is 0 Å². The second-order valence-corrected chi connectivity index (χ2v) is 5.67. The third kappa shape index (κ3) is 2.47. The predicted molar refractivity (Wildman–Crippen MR) is 54.2 cm³/mol. The quantitative estimate of drug-likeness (QED) is 0.585. The molecule has 0 aromatic rings. The molecule has 1 saturated carbocycles. The van der Waals surface area contributed by atoms with Crippen molar-refractivity contribution in [1.82, 2.24) is 0 Å². The maximum Gasteiger partial charge on any atom is 0.00853 e. The van der Waals surface area contributed by atoms with Gasteiger partial charge in [0.2, 0.25) is 0 Å². The van der Waals surface area contributed by atoms with Crippen molar-refractivity contribution in [1.29, 1.82) is 0 Å². The summed E-state index contributed by atoms with van der Waals surface area (Å²) in [5.41, 5.74) is 1.21. The Morgan fingerprint density at radius 3 is 1.82 bits per heavy atom. The van der Waals surface area contributed by atoms with E-state index in [4.69, 9.17) is 0 Å². The summed E-state index contributed by atoms with van der Waals surface area (Å²) in [5.74, 6) is 0. The Morgan fingerprint density at radius 1 is 1.00 bits per heavy atom. The molecule has 0 heterocycles. The number of hydrogen-bond acceptors (Lipinski definition) is 0. The van der Waals surface area contributed by atoms with E-state index >= 15 is 0 Å². The van der Waals surface area contributed by atoms with Crippen LogP contribution in [-0.2, 0) is 0 Å². The van der Waals surface area contributed by atoms with Crippen LogP contribution in [0.15, 0.2) is 0 Å². The minimum Gasteiger partial charge on any atom is -0.0922 e. The monoisotopic (exact) mass is 218 g/mol. The lowest BCUT2D eigenvalue weighted by molar-refractivity contribution is 0.137. The Labute approximate surface area is 78.9 Å². The van der Waals surface area contributed by atoms with E-state index in [0.29, 0.717) is 10.8 Å². The van der Waals surface area contributed by atoms with E-state index < -0.39 is 0 Å². The van der Waals surface area contributed by atoms with Crippen LogP contribution in [0.25, 0.3) is 0 Å². The normalized spacial score (nSPS) is 28.4. The number of rotatable bonds is 1. The summed E-state index contributed by atoms with van der Waals surface area (Å²) < 4.78 is 0. The second kappa shape index (κ2) is 3.08. The van der Waals surface area contributed by atoms with Crippen LogP contribution in [0.5, 0.6) is 0 Å². The number of hydrogen-bond donors (Lipinski definition) is 0. The van der Waals surface area contributed by atoms with Crippen molar-refractivity contribution in [3.05, 3.63) is 0 Å². The van der Waals surface area contributed by atoms with E-state index in [9.17, 15) is 0 Å². The van der Waals surface area contributed by atoms with E-state index in [1.165, 1.54) is 31.0 Å². The highest BCUT2D eigenvalue weighted by atomic mass is 79.9. The number of alkyl halides is 1. The van der Waals surface area contributed by atoms with Gasteiger partial charge in [-0.1, -0.05) is 36.7 Å². The van der Waals surface area contributed by atoms with Crippen LogP contribution < -0.4 is 0 Å². The Bertz CT molecular complexity index is 128. The van der Waals surface area contributed by atoms with Gasteiger partial charge in [-0.05, 0) is 36.5 Å². The minimum atomic E-state index is 0.593. The highest BCUT2D eigenvalue weighted by Crippen LogP contribution is 2.45. The molecule has 1 fully saturated rings. The molecule has 0 bridgehead atoms. The molecule has 0 amide bonds. The third-order valence-electron chi connectivity index (χ3n) is 3.13. The molecule has 0 atom stereocenters. The van der Waals surface area contributed by atoms with Crippen LogP contribution in [0.1, 0.15) is 46.5 Å². The fraction of sp³-hybridized carbons (Fsp3) is 1.00. The first kappa shape index (κ1) is 9.57. The lowest BCUT2D eigenvalue weighted by Crippen LogP contribution is -2.29. The van der Waals surface area contributed by atoms with Crippen LogP contribution in [0, 0.1) is 10.8 Å². The largest absolute Gasteiger partial charge is 0.0922 e. The minimum absolute atomic E-state index is 0.593. The molecular formula is C10H19Br. The molecule has 1 aliphatic rings. The van der Waals surface area contributed by atoms with Gasteiger partial charge >= 0.3 is 0 Å². The first-order valence-electron chi connectivity index (χ1n) is 4.54. The van der Waals surface area contributed by atoms with Crippen LogP contribution in [0.2, 0.25) is 0 Å². The molecule has 66 valence electrons. The maximum atomic E-state index is 3.60. The molecule has 0 N–H and O–H groups in total. The smallest absolute Gasteiger partial charge is 0.00853 e. The van der Waals surface area contributed by atoms with E-state index in [2.05, 4.69) is 36.7 Å². The topological polar surface area (TPSA) is 0 Å². The van der Waals surface area contributed by atoms with Crippen molar-refractivity contribution in [2.24, 2.45) is 10.8 Å². The molecular weight excluding hydrogens is 200 g/mol. The molecule has 0 radical (unpaired) electrons. The molecule has 0 saturated heterocycles. The fourth-order valence-electron chi connectivity index (χ4n) is 1.66. The van der Waals surface area contributed by atoms with Crippen molar-refractivity contribution >= 4 is 15.9 Å². The predicted octanol–water partition coefficient (Wildman–Crippen LogP) is 3.99. The summed E-state index contributed by atoms with van der Waals surface area (Å²) in [6, 6.07) is 0. The second-order valence-electron chi connectivity index (χ2n) is 5.11. The van der Waals surface area contributed by atoms with Gasteiger partial charge in [0, 0.05) is 5.33 Å². The van der Waals surface area contributed by atoms with E-state index in [0.717, 1.165) is 0 Å². The summed E-state index contributed by atoms with van der Waals surface area (Å²) in [6.45, 7) is 7.18. The van der Waals surface area contributed by atoms with E-state index in [-0.39, 0.29) is 0 Å². The number of halogens is 1. The molecule has 0 unspecified atom stereocenters. The molecule has 1 heteroatoms. The zero-order chi connectivity index (χ0) is 8.54. The van der Waals surface area contributed by atoms with Gasteiger partial charge in [0.25, 0.3) is 0 Å². The fourth-order valence-corrected chi connectivity index (χ4v) is 2.22. The summed E-state index contributed by atoms with van der Waals surface area (Å²) in [4.78, 5) is 0. The van der Waals surface area contributed by atoms with Gasteiger partial charge in [0.15, 0.2) is 0 Å². The third-order valence-corrected chi connectivity index (χ3v) is 4.49. The van der Waals surface area contributed by atoms with Gasteiger partial charge in [-0.3, -0.25) is 0 Å². The SMILES string of the molecule is CC1(C)CCC(C)(CBr)CC1. The summed E-state index contributed by atoms with van der Waals surface area (Å²) in [7, 11) is 0. The average molecular weight is 219 g/mol. The maximum absolute atomic E-state index is 3.60. The first-order chi connectivity index (χ1) is 4.97. The van der Waals surface area contributed by atoms with Crippen LogP contribution in [-0.4, -0.2) is 5.33 Å². The van der Waals surface area contributed by atoms with Crippen LogP contribution in [0.4, 0.5) is 0 Å². The highest BCUT2D eigenvalue weighted by Gasteiger charge is 2.33. The molecule has 11 heavy (non-hydrogen) atoms. The van der Waals surface area contributed by atoms with E-state index in [1.807, 2.05) is 0 Å². The Morgan fingerprint density at radius 2 is 1.45 bits per heavy atom. The molecule has 0 nitrogen and oxygen atoms in total. The lowest BCUT2D eigenvalue weighted by atomic mass is 9.67. The van der Waals surface area contributed by atoms with Crippen molar-refractivity contribution < 1.29 is 0 Å². The van der Waals surface area contributed by atoms with Gasteiger partial charge < -0.3 is 0 Å². The average Bonchev–Trinajstić information content (AvgIpc) is 1.97. The Kier molecular flexibility index (Phi) is 2.68. The first-order valence-corrected chi connectivity index (χ1v) is 5.66. The molecule has 0 aromatic heterocycles. The van der Waals surface area contributed by atoms with Crippen molar-refractivity contribution in [3.63, 3.8) is 0 Å². The van der Waals surface area contributed by atoms with E-state index in [1.54, 1.807) is 0 Å². The Balaban J connectivity index is 2.48. The van der Waals surface area contributed by atoms with Crippen LogP contribution >= 0.6 is 15.9 Å².